The Morgan fingerprint density at radius 1 is 1.23 bits per heavy atom. The molecule has 0 unspecified atom stereocenters. The van der Waals surface area contributed by atoms with Crippen LogP contribution in [0.3, 0.4) is 0 Å². The van der Waals surface area contributed by atoms with Crippen LogP contribution < -0.4 is 15.4 Å². The molecule has 1 aromatic heterocycles. The van der Waals surface area contributed by atoms with Crippen molar-refractivity contribution in [3.63, 3.8) is 0 Å². The van der Waals surface area contributed by atoms with Crippen molar-refractivity contribution in [2.24, 2.45) is 0 Å². The second-order valence-corrected chi connectivity index (χ2v) is 8.60. The van der Waals surface area contributed by atoms with Crippen LogP contribution in [0.4, 0.5) is 0 Å². The predicted octanol–water partition coefficient (Wildman–Crippen LogP) is 2.57. The lowest BCUT2D eigenvalue weighted by Gasteiger charge is -2.51. The molecule has 31 heavy (non-hydrogen) atoms. The number of ether oxygens (including phenoxy) is 1. The highest BCUT2D eigenvalue weighted by Gasteiger charge is 2.50. The summed E-state index contributed by atoms with van der Waals surface area (Å²) in [5.41, 5.74) is 1.79. The second kappa shape index (κ2) is 8.45. The molecule has 1 aromatic carbocycles. The van der Waals surface area contributed by atoms with Gasteiger partial charge >= 0.3 is 0 Å². The van der Waals surface area contributed by atoms with Crippen LogP contribution in [0.1, 0.15) is 35.4 Å². The molecule has 3 aliphatic rings. The lowest BCUT2D eigenvalue weighted by molar-refractivity contribution is -0.123. The van der Waals surface area contributed by atoms with E-state index in [1.54, 1.807) is 19.1 Å². The molecule has 0 spiro atoms. The molecule has 10 heteroatoms. The minimum atomic E-state index is -0.893. The normalized spacial score (nSPS) is 21.9. The van der Waals surface area contributed by atoms with Crippen LogP contribution in [-0.2, 0) is 4.79 Å². The fraction of sp³-hybridized carbons (Fsp3) is 0.333. The lowest BCUT2D eigenvalue weighted by atomic mass is 9.63. The number of halogens is 2. The Morgan fingerprint density at radius 3 is 2.65 bits per heavy atom. The van der Waals surface area contributed by atoms with Gasteiger partial charge in [-0.1, -0.05) is 23.2 Å². The van der Waals surface area contributed by atoms with Crippen molar-refractivity contribution >= 4 is 35.0 Å². The molecule has 1 fully saturated rings. The number of carbonyl (C=O) groups excluding carboxylic acids is 2. The van der Waals surface area contributed by atoms with Gasteiger partial charge in [0.25, 0.3) is 11.8 Å². The minimum absolute atomic E-state index is 0.227. The van der Waals surface area contributed by atoms with Crippen LogP contribution in [0.15, 0.2) is 41.9 Å². The van der Waals surface area contributed by atoms with E-state index in [4.69, 9.17) is 27.9 Å². The molecule has 0 radical (unpaired) electrons. The van der Waals surface area contributed by atoms with E-state index in [2.05, 4.69) is 20.6 Å². The molecule has 3 aliphatic carbocycles. The van der Waals surface area contributed by atoms with Crippen molar-refractivity contribution in [2.75, 3.05) is 6.61 Å². The van der Waals surface area contributed by atoms with Gasteiger partial charge in [0, 0.05) is 24.4 Å². The van der Waals surface area contributed by atoms with E-state index in [0.717, 1.165) is 11.3 Å². The molecule has 2 aromatic rings. The number of hydrogen-bond acceptors (Lipinski definition) is 6. The molecule has 3 N–H and O–H groups in total. The number of amides is 2. The monoisotopic (exact) mass is 462 g/mol. The number of aromatic nitrogens is 2. The molecule has 162 valence electrons. The Hall–Kier alpha value is -2.68. The van der Waals surface area contributed by atoms with Gasteiger partial charge in [0.05, 0.1) is 33.6 Å². The highest BCUT2D eigenvalue weighted by molar-refractivity contribution is 6.42. The van der Waals surface area contributed by atoms with Crippen LogP contribution in [0.5, 0.6) is 5.75 Å². The molecule has 1 atom stereocenters. The van der Waals surface area contributed by atoms with Crippen LogP contribution in [-0.4, -0.2) is 45.1 Å². The van der Waals surface area contributed by atoms with E-state index >= 15 is 0 Å². The molecule has 2 bridgehead atoms. The quantitative estimate of drug-likeness (QED) is 0.607. The van der Waals surface area contributed by atoms with Gasteiger partial charge in [-0.2, -0.15) is 0 Å². The van der Waals surface area contributed by atoms with E-state index in [9.17, 15) is 14.7 Å². The van der Waals surface area contributed by atoms with Gasteiger partial charge in [0.1, 0.15) is 11.4 Å². The summed E-state index contributed by atoms with van der Waals surface area (Å²) < 4.78 is 5.43. The molecule has 1 heterocycles. The van der Waals surface area contributed by atoms with E-state index < -0.39 is 17.6 Å². The van der Waals surface area contributed by atoms with Crippen LogP contribution in [0.25, 0.3) is 0 Å². The first-order valence-corrected chi connectivity index (χ1v) is 10.4. The summed E-state index contributed by atoms with van der Waals surface area (Å²) in [7, 11) is 0. The lowest BCUT2D eigenvalue weighted by Crippen LogP contribution is -2.61. The second-order valence-electron chi connectivity index (χ2n) is 7.78. The number of nitrogens with one attached hydrogen (secondary N) is 2. The standard InChI is InChI=1S/C21H20Cl2N4O4/c1-11-8-25-16(9-24-11)20(30)27-21-5-12(6-21)19(17(28)7-21)26-18(29)10-31-13-2-3-14(22)15(23)4-13/h2-4,8-9,17,28H,5-7,10H2,1H3,(H,26,29)(H,27,30)/t17-/m0/s1. The first-order valence-electron chi connectivity index (χ1n) is 9.63. The first kappa shape index (κ1) is 21.5. The van der Waals surface area contributed by atoms with Crippen molar-refractivity contribution in [3.8, 4) is 5.75 Å². The van der Waals surface area contributed by atoms with Gasteiger partial charge < -0.3 is 20.5 Å². The van der Waals surface area contributed by atoms with Crippen molar-refractivity contribution in [1.29, 1.82) is 0 Å². The Balaban J connectivity index is 1.34. The van der Waals surface area contributed by atoms with Gasteiger partial charge in [0.2, 0.25) is 0 Å². The first-order chi connectivity index (χ1) is 14.7. The number of nitrogens with zero attached hydrogens (tertiary/aromatic N) is 2. The summed E-state index contributed by atoms with van der Waals surface area (Å²) in [5, 5.41) is 16.9. The Bertz CT molecular complexity index is 1060. The van der Waals surface area contributed by atoms with E-state index in [-0.39, 0.29) is 18.2 Å². The van der Waals surface area contributed by atoms with Gasteiger partial charge in [-0.15, -0.1) is 0 Å². The summed E-state index contributed by atoms with van der Waals surface area (Å²) in [5.74, 6) is -0.316. The summed E-state index contributed by atoms with van der Waals surface area (Å²) >= 11 is 11.8. The summed E-state index contributed by atoms with van der Waals surface area (Å²) in [6.45, 7) is 1.55. The zero-order valence-corrected chi connectivity index (χ0v) is 18.1. The van der Waals surface area contributed by atoms with Crippen LogP contribution in [0.2, 0.25) is 10.0 Å². The number of aliphatic hydroxyl groups excluding tert-OH is 1. The maximum absolute atomic E-state index is 12.5. The third-order valence-electron chi connectivity index (χ3n) is 5.33. The number of fused-ring (bicyclic) bond motifs is 2. The van der Waals surface area contributed by atoms with Gasteiger partial charge in [-0.05, 0) is 37.5 Å². The van der Waals surface area contributed by atoms with E-state index in [1.165, 1.54) is 18.5 Å². The maximum atomic E-state index is 12.5. The average molecular weight is 463 g/mol. The van der Waals surface area contributed by atoms with Gasteiger partial charge in [-0.25, -0.2) is 4.98 Å². The summed E-state index contributed by atoms with van der Waals surface area (Å²) in [4.78, 5) is 32.9. The van der Waals surface area contributed by atoms with Crippen molar-refractivity contribution in [2.45, 2.75) is 37.8 Å². The summed E-state index contributed by atoms with van der Waals surface area (Å²) in [6, 6.07) is 4.72. The highest BCUT2D eigenvalue weighted by atomic mass is 35.5. The van der Waals surface area contributed by atoms with Crippen molar-refractivity contribution < 1.29 is 19.4 Å². The SMILES string of the molecule is Cc1cnc(C(=O)NC23CC(=C(NC(=O)COc4ccc(Cl)c(Cl)c4)[C@@H](O)C2)C3)cn1. The zero-order valence-electron chi connectivity index (χ0n) is 16.6. The number of carbonyl (C=O) groups is 2. The topological polar surface area (TPSA) is 113 Å². The fourth-order valence-corrected chi connectivity index (χ4v) is 4.12. The third kappa shape index (κ3) is 4.66. The molecular weight excluding hydrogens is 443 g/mol. The maximum Gasteiger partial charge on any atom is 0.271 e. The van der Waals surface area contributed by atoms with Gasteiger partial charge in [0.15, 0.2) is 6.61 Å². The Morgan fingerprint density at radius 2 is 2.00 bits per heavy atom. The average Bonchev–Trinajstić information content (AvgIpc) is 2.70. The zero-order chi connectivity index (χ0) is 22.2. The third-order valence-corrected chi connectivity index (χ3v) is 6.07. The number of benzene rings is 1. The number of aliphatic hydroxyl groups is 1. The Kier molecular flexibility index (Phi) is 5.88. The molecule has 2 amide bonds. The summed E-state index contributed by atoms with van der Waals surface area (Å²) in [6.07, 6.45) is 3.47. The molecule has 0 aliphatic heterocycles. The number of rotatable bonds is 6. The highest BCUT2D eigenvalue weighted by Crippen LogP contribution is 2.47. The van der Waals surface area contributed by atoms with Crippen molar-refractivity contribution in [3.05, 3.63) is 63.3 Å². The Labute approximate surface area is 188 Å². The minimum Gasteiger partial charge on any atom is -0.484 e. The van der Waals surface area contributed by atoms with E-state index in [1.807, 2.05) is 0 Å². The molecule has 0 saturated heterocycles. The molecule has 8 nitrogen and oxygen atoms in total. The smallest absolute Gasteiger partial charge is 0.271 e. The van der Waals surface area contributed by atoms with Crippen molar-refractivity contribution in [1.82, 2.24) is 20.6 Å². The molecule has 1 saturated carbocycles. The number of aryl methyl sites for hydroxylation is 1. The van der Waals surface area contributed by atoms with E-state index in [0.29, 0.717) is 40.8 Å². The van der Waals surface area contributed by atoms with Crippen LogP contribution >= 0.6 is 23.2 Å². The molecule has 5 rings (SSSR count). The number of hydrogen-bond donors (Lipinski definition) is 3. The fourth-order valence-electron chi connectivity index (χ4n) is 3.84. The molecular formula is C21H20Cl2N4O4. The largest absolute Gasteiger partial charge is 0.484 e. The van der Waals surface area contributed by atoms with Crippen LogP contribution in [0, 0.1) is 6.92 Å². The van der Waals surface area contributed by atoms with Gasteiger partial charge in [-0.3, -0.25) is 14.6 Å². The predicted molar refractivity (Wildman–Crippen MR) is 114 cm³/mol.